The molecule has 2 rings (SSSR count). The second kappa shape index (κ2) is 6.92. The molecular weight excluding hydrogens is 230 g/mol. The molecule has 1 aliphatic rings. The lowest BCUT2D eigenvalue weighted by molar-refractivity contribution is -0.0436. The highest BCUT2D eigenvalue weighted by Gasteiger charge is 2.16. The average Bonchev–Trinajstić information content (AvgIpc) is 2.82. The summed E-state index contributed by atoms with van der Waals surface area (Å²) in [6.45, 7) is 7.29. The van der Waals surface area contributed by atoms with Crippen molar-refractivity contribution in [2.45, 2.75) is 52.0 Å². The van der Waals surface area contributed by atoms with Crippen molar-refractivity contribution in [2.75, 3.05) is 13.2 Å². The van der Waals surface area contributed by atoms with Crippen LogP contribution in [0.3, 0.4) is 0 Å². The molecule has 0 bridgehead atoms. The minimum atomic E-state index is 0.315. The summed E-state index contributed by atoms with van der Waals surface area (Å²) in [6, 6.07) is 2.49. The fourth-order valence-corrected chi connectivity index (χ4v) is 2.00. The van der Waals surface area contributed by atoms with E-state index in [0.717, 1.165) is 38.4 Å². The second-order valence-corrected chi connectivity index (χ2v) is 5.03. The van der Waals surface area contributed by atoms with E-state index in [9.17, 15) is 0 Å². The Morgan fingerprint density at radius 2 is 2.17 bits per heavy atom. The smallest absolute Gasteiger partial charge is 0.133 e. The van der Waals surface area contributed by atoms with Crippen molar-refractivity contribution in [2.24, 2.45) is 0 Å². The highest BCUT2D eigenvalue weighted by atomic mass is 16.5. The van der Waals surface area contributed by atoms with Gasteiger partial charge in [0.15, 0.2) is 0 Å². The predicted molar refractivity (Wildman–Crippen MR) is 69.3 cm³/mol. The van der Waals surface area contributed by atoms with Crippen LogP contribution in [0.5, 0.6) is 0 Å². The third-order valence-electron chi connectivity index (χ3n) is 3.16. The lowest BCUT2D eigenvalue weighted by Gasteiger charge is -2.22. The Kier molecular flexibility index (Phi) is 5.23. The summed E-state index contributed by atoms with van der Waals surface area (Å²) >= 11 is 0. The summed E-state index contributed by atoms with van der Waals surface area (Å²) in [5, 5.41) is 3.39. The number of hydrogen-bond acceptors (Lipinski definition) is 4. The maximum Gasteiger partial charge on any atom is 0.133 e. The van der Waals surface area contributed by atoms with Crippen molar-refractivity contribution in [3.05, 3.63) is 23.7 Å². The molecule has 1 fully saturated rings. The highest BCUT2D eigenvalue weighted by Crippen LogP contribution is 2.16. The minimum absolute atomic E-state index is 0.315. The lowest BCUT2D eigenvalue weighted by atomic mass is 10.1. The lowest BCUT2D eigenvalue weighted by Crippen LogP contribution is -2.24. The molecule has 0 amide bonds. The first-order chi connectivity index (χ1) is 8.75. The summed E-state index contributed by atoms with van der Waals surface area (Å²) in [5.41, 5.74) is 1.19. The average molecular weight is 253 g/mol. The molecule has 0 radical (unpaired) electrons. The van der Waals surface area contributed by atoms with Crippen molar-refractivity contribution in [1.82, 2.24) is 5.32 Å². The fourth-order valence-electron chi connectivity index (χ4n) is 2.00. The molecule has 0 unspecified atom stereocenters. The Bertz CT molecular complexity index is 343. The topological polar surface area (TPSA) is 43.6 Å². The summed E-state index contributed by atoms with van der Waals surface area (Å²) in [7, 11) is 0. The van der Waals surface area contributed by atoms with Crippen molar-refractivity contribution >= 4 is 0 Å². The Hall–Kier alpha value is -0.840. The summed E-state index contributed by atoms with van der Waals surface area (Å²) in [4.78, 5) is 0. The van der Waals surface area contributed by atoms with Gasteiger partial charge >= 0.3 is 0 Å². The van der Waals surface area contributed by atoms with Crippen LogP contribution in [0.15, 0.2) is 16.7 Å². The van der Waals surface area contributed by atoms with Gasteiger partial charge in [-0.2, -0.15) is 0 Å². The van der Waals surface area contributed by atoms with Crippen molar-refractivity contribution in [3.63, 3.8) is 0 Å². The summed E-state index contributed by atoms with van der Waals surface area (Å²) < 4.78 is 16.7. The van der Waals surface area contributed by atoms with Crippen molar-refractivity contribution < 1.29 is 13.9 Å². The largest absolute Gasteiger partial charge is 0.467 e. The second-order valence-electron chi connectivity index (χ2n) is 5.03. The molecule has 0 aromatic carbocycles. The van der Waals surface area contributed by atoms with Crippen LogP contribution in [-0.4, -0.2) is 25.4 Å². The van der Waals surface area contributed by atoms with E-state index in [1.165, 1.54) is 5.56 Å². The Labute approximate surface area is 109 Å². The molecule has 0 saturated carbocycles. The van der Waals surface area contributed by atoms with Crippen LogP contribution in [-0.2, 0) is 22.6 Å². The van der Waals surface area contributed by atoms with Gasteiger partial charge in [-0.15, -0.1) is 0 Å². The van der Waals surface area contributed by atoms with Gasteiger partial charge in [-0.3, -0.25) is 0 Å². The Morgan fingerprint density at radius 3 is 2.89 bits per heavy atom. The molecule has 2 heterocycles. The van der Waals surface area contributed by atoms with E-state index in [1.807, 2.05) is 6.07 Å². The van der Waals surface area contributed by atoms with E-state index in [2.05, 4.69) is 19.2 Å². The van der Waals surface area contributed by atoms with E-state index in [0.29, 0.717) is 18.8 Å². The van der Waals surface area contributed by atoms with Crippen LogP contribution in [0.1, 0.15) is 38.0 Å². The molecule has 0 aliphatic carbocycles. The van der Waals surface area contributed by atoms with E-state index in [-0.39, 0.29) is 0 Å². The third-order valence-corrected chi connectivity index (χ3v) is 3.16. The normalized spacial score (nSPS) is 17.5. The highest BCUT2D eigenvalue weighted by molar-refractivity contribution is 5.16. The Morgan fingerprint density at radius 1 is 1.39 bits per heavy atom. The number of ether oxygens (including phenoxy) is 2. The molecule has 1 aromatic heterocycles. The van der Waals surface area contributed by atoms with Gasteiger partial charge in [-0.05, 0) is 18.9 Å². The first-order valence-corrected chi connectivity index (χ1v) is 6.73. The van der Waals surface area contributed by atoms with E-state index < -0.39 is 0 Å². The van der Waals surface area contributed by atoms with Gasteiger partial charge in [-0.25, -0.2) is 0 Å². The number of furan rings is 1. The minimum Gasteiger partial charge on any atom is -0.467 e. The molecule has 1 saturated heterocycles. The summed E-state index contributed by atoms with van der Waals surface area (Å²) in [5.74, 6) is 0.939. The molecule has 4 heteroatoms. The van der Waals surface area contributed by atoms with Crippen LogP contribution >= 0.6 is 0 Å². The maximum absolute atomic E-state index is 5.87. The number of rotatable bonds is 6. The van der Waals surface area contributed by atoms with Gasteiger partial charge in [0.1, 0.15) is 12.4 Å². The molecule has 1 aromatic rings. The van der Waals surface area contributed by atoms with Crippen LogP contribution in [0.25, 0.3) is 0 Å². The first kappa shape index (κ1) is 13.6. The molecule has 1 N–H and O–H groups in total. The summed E-state index contributed by atoms with van der Waals surface area (Å²) in [6.07, 6.45) is 4.02. The van der Waals surface area contributed by atoms with Gasteiger partial charge in [0.05, 0.1) is 12.4 Å². The van der Waals surface area contributed by atoms with Crippen molar-refractivity contribution in [1.29, 1.82) is 0 Å². The van der Waals surface area contributed by atoms with Gasteiger partial charge < -0.3 is 19.2 Å². The van der Waals surface area contributed by atoms with E-state index in [4.69, 9.17) is 13.9 Å². The van der Waals surface area contributed by atoms with Crippen LogP contribution in [0.4, 0.5) is 0 Å². The monoisotopic (exact) mass is 253 g/mol. The molecule has 102 valence electrons. The van der Waals surface area contributed by atoms with Gasteiger partial charge in [0.25, 0.3) is 0 Å². The first-order valence-electron chi connectivity index (χ1n) is 6.73. The van der Waals surface area contributed by atoms with Crippen LogP contribution in [0.2, 0.25) is 0 Å². The zero-order valence-corrected chi connectivity index (χ0v) is 11.3. The Balaban J connectivity index is 1.79. The molecule has 0 atom stereocenters. The van der Waals surface area contributed by atoms with Crippen molar-refractivity contribution in [3.8, 4) is 0 Å². The zero-order valence-electron chi connectivity index (χ0n) is 11.3. The molecular formula is C14H23NO3. The fraction of sp³-hybridized carbons (Fsp3) is 0.714. The van der Waals surface area contributed by atoms with Gasteiger partial charge in [0, 0.05) is 31.4 Å². The van der Waals surface area contributed by atoms with E-state index >= 15 is 0 Å². The van der Waals surface area contributed by atoms with E-state index in [1.54, 1.807) is 6.26 Å². The predicted octanol–water partition coefficient (Wildman–Crippen LogP) is 2.47. The van der Waals surface area contributed by atoms with Gasteiger partial charge in [-0.1, -0.05) is 13.8 Å². The van der Waals surface area contributed by atoms with Crippen LogP contribution < -0.4 is 5.32 Å². The third kappa shape index (κ3) is 4.12. The molecule has 4 nitrogen and oxygen atoms in total. The standard InChI is InChI=1S/C14H23NO3/c1-11(2)15-9-12-3-8-17-14(12)10-18-13-4-6-16-7-5-13/h3,8,11,13,15H,4-7,9-10H2,1-2H3. The number of nitrogens with one attached hydrogen (secondary N) is 1. The molecule has 0 spiro atoms. The molecule has 18 heavy (non-hydrogen) atoms. The number of hydrogen-bond donors (Lipinski definition) is 1. The molecule has 1 aliphatic heterocycles. The quantitative estimate of drug-likeness (QED) is 0.846. The SMILES string of the molecule is CC(C)NCc1ccoc1COC1CCOCC1. The van der Waals surface area contributed by atoms with Crippen LogP contribution in [0, 0.1) is 0 Å². The zero-order chi connectivity index (χ0) is 12.8. The van der Waals surface area contributed by atoms with Gasteiger partial charge in [0.2, 0.25) is 0 Å². The maximum atomic E-state index is 5.87.